The molecule has 0 unspecified atom stereocenters. The van der Waals surface area contributed by atoms with Crippen molar-refractivity contribution in [3.05, 3.63) is 24.2 Å². The zero-order valence-corrected chi connectivity index (χ0v) is 7.96. The first-order chi connectivity index (χ1) is 6.37. The van der Waals surface area contributed by atoms with Crippen molar-refractivity contribution in [2.75, 3.05) is 6.54 Å². The van der Waals surface area contributed by atoms with Gasteiger partial charge in [0.1, 0.15) is 0 Å². The Morgan fingerprint density at radius 3 is 2.62 bits per heavy atom. The molecule has 1 aliphatic rings. The summed E-state index contributed by atoms with van der Waals surface area (Å²) in [5, 5.41) is 0. The van der Waals surface area contributed by atoms with Crippen molar-refractivity contribution in [1.29, 1.82) is 0 Å². The van der Waals surface area contributed by atoms with Crippen molar-refractivity contribution >= 4 is 0 Å². The number of furan rings is 1. The first-order valence-electron chi connectivity index (χ1n) is 5.10. The fraction of sp³-hybridized carbons (Fsp3) is 0.636. The number of nitrogens with two attached hydrogens (primary N) is 1. The quantitative estimate of drug-likeness (QED) is 0.757. The maximum absolute atomic E-state index is 5.89. The van der Waals surface area contributed by atoms with Crippen LogP contribution in [0, 0.1) is 0 Å². The molecular formula is C11H17NO. The van der Waals surface area contributed by atoms with Gasteiger partial charge in [-0.2, -0.15) is 0 Å². The number of rotatable bonds is 2. The normalized spacial score (nSPS) is 21.6. The molecule has 1 heterocycles. The van der Waals surface area contributed by atoms with E-state index in [9.17, 15) is 0 Å². The Kier molecular flexibility index (Phi) is 2.40. The average Bonchev–Trinajstić information content (AvgIpc) is 2.72. The molecule has 2 heteroatoms. The van der Waals surface area contributed by atoms with Gasteiger partial charge in [-0.3, -0.25) is 0 Å². The second-order valence-electron chi connectivity index (χ2n) is 4.06. The summed E-state index contributed by atoms with van der Waals surface area (Å²) < 4.78 is 5.14. The molecule has 1 aromatic rings. The molecule has 0 bridgehead atoms. The van der Waals surface area contributed by atoms with Gasteiger partial charge < -0.3 is 10.2 Å². The lowest BCUT2D eigenvalue weighted by atomic mass is 9.70. The predicted molar refractivity (Wildman–Crippen MR) is 52.5 cm³/mol. The van der Waals surface area contributed by atoms with Gasteiger partial charge in [0.25, 0.3) is 0 Å². The largest absolute Gasteiger partial charge is 0.472 e. The summed E-state index contributed by atoms with van der Waals surface area (Å²) in [6, 6.07) is 2.07. The summed E-state index contributed by atoms with van der Waals surface area (Å²) >= 11 is 0. The highest BCUT2D eigenvalue weighted by Crippen LogP contribution is 2.38. The molecule has 13 heavy (non-hydrogen) atoms. The van der Waals surface area contributed by atoms with E-state index in [1.165, 1.54) is 37.7 Å². The first kappa shape index (κ1) is 8.82. The van der Waals surface area contributed by atoms with Crippen molar-refractivity contribution in [1.82, 2.24) is 0 Å². The van der Waals surface area contributed by atoms with Crippen LogP contribution < -0.4 is 5.73 Å². The van der Waals surface area contributed by atoms with Crippen LogP contribution in [-0.2, 0) is 5.41 Å². The lowest BCUT2D eigenvalue weighted by Gasteiger charge is -2.35. The van der Waals surface area contributed by atoms with Gasteiger partial charge in [-0.05, 0) is 24.5 Å². The van der Waals surface area contributed by atoms with Gasteiger partial charge in [-0.25, -0.2) is 0 Å². The summed E-state index contributed by atoms with van der Waals surface area (Å²) in [6.07, 6.45) is 10.0. The van der Waals surface area contributed by atoms with E-state index in [1.807, 2.05) is 6.26 Å². The lowest BCUT2D eigenvalue weighted by Crippen LogP contribution is -2.36. The van der Waals surface area contributed by atoms with Gasteiger partial charge in [-0.1, -0.05) is 19.3 Å². The maximum atomic E-state index is 5.89. The van der Waals surface area contributed by atoms with E-state index in [0.717, 1.165) is 6.54 Å². The Morgan fingerprint density at radius 2 is 2.08 bits per heavy atom. The van der Waals surface area contributed by atoms with E-state index in [4.69, 9.17) is 10.2 Å². The van der Waals surface area contributed by atoms with E-state index in [-0.39, 0.29) is 5.41 Å². The minimum atomic E-state index is 0.227. The third-order valence-electron chi connectivity index (χ3n) is 3.33. The van der Waals surface area contributed by atoms with Gasteiger partial charge in [0, 0.05) is 12.0 Å². The Bertz CT molecular complexity index is 247. The van der Waals surface area contributed by atoms with Crippen molar-refractivity contribution in [2.45, 2.75) is 37.5 Å². The van der Waals surface area contributed by atoms with Gasteiger partial charge in [0.2, 0.25) is 0 Å². The van der Waals surface area contributed by atoms with Crippen LogP contribution >= 0.6 is 0 Å². The van der Waals surface area contributed by atoms with Gasteiger partial charge in [-0.15, -0.1) is 0 Å². The van der Waals surface area contributed by atoms with Crippen LogP contribution in [0.1, 0.15) is 37.7 Å². The fourth-order valence-corrected chi connectivity index (χ4v) is 2.41. The van der Waals surface area contributed by atoms with Crippen LogP contribution in [0.5, 0.6) is 0 Å². The minimum absolute atomic E-state index is 0.227. The van der Waals surface area contributed by atoms with Crippen molar-refractivity contribution in [3.63, 3.8) is 0 Å². The standard InChI is InChI=1S/C11H17NO/c12-9-11(5-2-1-3-6-11)10-4-7-13-8-10/h4,7-8H,1-3,5-6,9,12H2. The first-order valence-corrected chi connectivity index (χ1v) is 5.10. The molecule has 0 aliphatic heterocycles. The van der Waals surface area contributed by atoms with Crippen LogP contribution in [0.25, 0.3) is 0 Å². The molecule has 0 saturated heterocycles. The molecule has 2 N–H and O–H groups in total. The Balaban J connectivity index is 2.23. The topological polar surface area (TPSA) is 39.2 Å². The molecule has 0 spiro atoms. The predicted octanol–water partition coefficient (Wildman–Crippen LogP) is 2.44. The zero-order chi connectivity index (χ0) is 9.15. The van der Waals surface area contributed by atoms with Crippen LogP contribution in [0.3, 0.4) is 0 Å². The average molecular weight is 179 g/mol. The molecule has 0 atom stereocenters. The highest BCUT2D eigenvalue weighted by Gasteiger charge is 2.33. The molecule has 1 fully saturated rings. The number of hydrogen-bond acceptors (Lipinski definition) is 2. The molecule has 1 saturated carbocycles. The lowest BCUT2D eigenvalue weighted by molar-refractivity contribution is 0.299. The third-order valence-corrected chi connectivity index (χ3v) is 3.33. The Hall–Kier alpha value is -0.760. The molecule has 2 rings (SSSR count). The second kappa shape index (κ2) is 3.54. The van der Waals surface area contributed by atoms with Crippen molar-refractivity contribution < 1.29 is 4.42 Å². The van der Waals surface area contributed by atoms with E-state index >= 15 is 0 Å². The summed E-state index contributed by atoms with van der Waals surface area (Å²) in [5.41, 5.74) is 7.42. The Morgan fingerprint density at radius 1 is 1.31 bits per heavy atom. The Labute approximate surface area is 79.1 Å². The van der Waals surface area contributed by atoms with Crippen LogP contribution in [0.15, 0.2) is 23.0 Å². The van der Waals surface area contributed by atoms with Crippen LogP contribution in [0.4, 0.5) is 0 Å². The van der Waals surface area contributed by atoms with Gasteiger partial charge in [0.15, 0.2) is 0 Å². The van der Waals surface area contributed by atoms with E-state index in [0.29, 0.717) is 0 Å². The van der Waals surface area contributed by atoms with E-state index in [1.54, 1.807) is 6.26 Å². The fourth-order valence-electron chi connectivity index (χ4n) is 2.41. The van der Waals surface area contributed by atoms with E-state index in [2.05, 4.69) is 6.07 Å². The SMILES string of the molecule is NCC1(c2ccoc2)CCCCC1. The summed E-state index contributed by atoms with van der Waals surface area (Å²) in [7, 11) is 0. The highest BCUT2D eigenvalue weighted by molar-refractivity contribution is 5.21. The smallest absolute Gasteiger partial charge is 0.0940 e. The maximum Gasteiger partial charge on any atom is 0.0940 e. The summed E-state index contributed by atoms with van der Waals surface area (Å²) in [5.74, 6) is 0. The summed E-state index contributed by atoms with van der Waals surface area (Å²) in [4.78, 5) is 0. The molecule has 1 aliphatic carbocycles. The van der Waals surface area contributed by atoms with E-state index < -0.39 is 0 Å². The molecular weight excluding hydrogens is 162 g/mol. The molecule has 0 amide bonds. The summed E-state index contributed by atoms with van der Waals surface area (Å²) in [6.45, 7) is 0.756. The highest BCUT2D eigenvalue weighted by atomic mass is 16.3. The molecule has 1 aromatic heterocycles. The monoisotopic (exact) mass is 179 g/mol. The zero-order valence-electron chi connectivity index (χ0n) is 7.96. The third kappa shape index (κ3) is 1.51. The van der Waals surface area contributed by atoms with Crippen LogP contribution in [0.2, 0.25) is 0 Å². The van der Waals surface area contributed by atoms with Crippen molar-refractivity contribution in [3.8, 4) is 0 Å². The molecule has 0 radical (unpaired) electrons. The molecule has 2 nitrogen and oxygen atoms in total. The molecule has 0 aromatic carbocycles. The van der Waals surface area contributed by atoms with Gasteiger partial charge in [0.05, 0.1) is 12.5 Å². The van der Waals surface area contributed by atoms with Crippen molar-refractivity contribution in [2.24, 2.45) is 5.73 Å². The van der Waals surface area contributed by atoms with Gasteiger partial charge >= 0.3 is 0 Å². The van der Waals surface area contributed by atoms with Crippen LogP contribution in [-0.4, -0.2) is 6.54 Å². The number of hydrogen-bond donors (Lipinski definition) is 1. The molecule has 72 valence electrons. The minimum Gasteiger partial charge on any atom is -0.472 e. The second-order valence-corrected chi connectivity index (χ2v) is 4.06.